The largest absolute Gasteiger partial charge is 0.351 e. The standard InChI is InChI=1S/C13H10N4O3S3/c14-12(20)15-8(18)5-23-13-16-10(19)9-6(4-22-11(9)17-13)7-2-1-3-21-7/h1-4H,5H2,(H,16,17,19)(H3,14,15,18,20). The number of amides is 3. The molecule has 0 atom stereocenters. The zero-order valence-corrected chi connectivity index (χ0v) is 13.9. The molecule has 3 amide bonds. The van der Waals surface area contributed by atoms with Gasteiger partial charge in [0.1, 0.15) is 4.83 Å². The highest BCUT2D eigenvalue weighted by atomic mass is 32.2. The molecule has 0 bridgehead atoms. The smallest absolute Gasteiger partial charge is 0.318 e. The van der Waals surface area contributed by atoms with Gasteiger partial charge in [0.2, 0.25) is 5.91 Å². The maximum Gasteiger partial charge on any atom is 0.318 e. The van der Waals surface area contributed by atoms with Crippen LogP contribution in [0.3, 0.4) is 0 Å². The van der Waals surface area contributed by atoms with E-state index in [1.165, 1.54) is 11.3 Å². The summed E-state index contributed by atoms with van der Waals surface area (Å²) < 4.78 is 0. The number of hydrogen-bond acceptors (Lipinski definition) is 7. The summed E-state index contributed by atoms with van der Waals surface area (Å²) in [6.07, 6.45) is 0. The molecule has 10 heteroatoms. The Hall–Kier alpha value is -2.17. The van der Waals surface area contributed by atoms with E-state index in [4.69, 9.17) is 5.73 Å². The van der Waals surface area contributed by atoms with Gasteiger partial charge in [-0.05, 0) is 11.4 Å². The van der Waals surface area contributed by atoms with Crippen molar-refractivity contribution in [3.8, 4) is 10.4 Å². The normalized spacial score (nSPS) is 10.8. The number of rotatable bonds is 4. The molecule has 0 fully saturated rings. The molecule has 4 N–H and O–H groups in total. The fourth-order valence-electron chi connectivity index (χ4n) is 1.92. The Bertz CT molecular complexity index is 930. The van der Waals surface area contributed by atoms with Crippen molar-refractivity contribution in [1.82, 2.24) is 15.3 Å². The van der Waals surface area contributed by atoms with Crippen LogP contribution in [0.1, 0.15) is 0 Å². The minimum absolute atomic E-state index is 0.0689. The van der Waals surface area contributed by atoms with Crippen LogP contribution in [0.4, 0.5) is 4.79 Å². The number of thioether (sulfide) groups is 1. The Kier molecular flexibility index (Phi) is 4.46. The molecule has 3 aromatic heterocycles. The number of carbonyl (C=O) groups excluding carboxylic acids is 2. The van der Waals surface area contributed by atoms with Crippen LogP contribution in [-0.4, -0.2) is 27.7 Å². The number of thiophene rings is 2. The molecular formula is C13H10N4O3S3. The van der Waals surface area contributed by atoms with Crippen molar-refractivity contribution in [3.63, 3.8) is 0 Å². The van der Waals surface area contributed by atoms with E-state index in [-0.39, 0.29) is 11.3 Å². The third kappa shape index (κ3) is 3.44. The lowest BCUT2D eigenvalue weighted by atomic mass is 10.2. The Labute approximate surface area is 141 Å². The van der Waals surface area contributed by atoms with Gasteiger partial charge >= 0.3 is 6.03 Å². The number of nitrogens with two attached hydrogens (primary N) is 1. The second kappa shape index (κ2) is 6.52. The van der Waals surface area contributed by atoms with E-state index in [1.54, 1.807) is 11.3 Å². The lowest BCUT2D eigenvalue weighted by molar-refractivity contribution is -0.117. The molecule has 0 saturated heterocycles. The Balaban J connectivity index is 1.87. The van der Waals surface area contributed by atoms with Crippen LogP contribution < -0.4 is 16.6 Å². The Morgan fingerprint density at radius 2 is 2.22 bits per heavy atom. The highest BCUT2D eigenvalue weighted by molar-refractivity contribution is 7.99. The van der Waals surface area contributed by atoms with E-state index in [2.05, 4.69) is 9.97 Å². The minimum Gasteiger partial charge on any atom is -0.351 e. The summed E-state index contributed by atoms with van der Waals surface area (Å²) in [5.74, 6) is -0.615. The van der Waals surface area contributed by atoms with Crippen molar-refractivity contribution >= 4 is 56.6 Å². The van der Waals surface area contributed by atoms with Gasteiger partial charge in [-0.2, -0.15) is 0 Å². The van der Waals surface area contributed by atoms with Crippen LogP contribution in [0.2, 0.25) is 0 Å². The molecule has 3 aromatic rings. The molecule has 7 nitrogen and oxygen atoms in total. The van der Waals surface area contributed by atoms with E-state index in [0.29, 0.717) is 15.4 Å². The topological polar surface area (TPSA) is 118 Å². The molecule has 0 aliphatic rings. The summed E-state index contributed by atoms with van der Waals surface area (Å²) in [7, 11) is 0. The fraction of sp³-hybridized carbons (Fsp3) is 0.0769. The third-order valence-corrected chi connectivity index (χ3v) is 5.46. The number of urea groups is 1. The molecule has 0 aromatic carbocycles. The average molecular weight is 366 g/mol. The first kappa shape index (κ1) is 15.7. The van der Waals surface area contributed by atoms with Gasteiger partial charge in [0.25, 0.3) is 5.56 Å². The highest BCUT2D eigenvalue weighted by Crippen LogP contribution is 2.33. The Morgan fingerprint density at radius 3 is 2.91 bits per heavy atom. The molecule has 23 heavy (non-hydrogen) atoms. The van der Waals surface area contributed by atoms with Crippen molar-refractivity contribution in [3.05, 3.63) is 33.2 Å². The van der Waals surface area contributed by atoms with E-state index in [0.717, 1.165) is 22.2 Å². The number of carbonyl (C=O) groups is 2. The fourth-order valence-corrected chi connectivity index (χ4v) is 4.40. The van der Waals surface area contributed by atoms with Crippen molar-refractivity contribution in [2.75, 3.05) is 5.75 Å². The molecular weight excluding hydrogens is 356 g/mol. The Morgan fingerprint density at radius 1 is 1.39 bits per heavy atom. The van der Waals surface area contributed by atoms with Gasteiger partial charge in [-0.3, -0.25) is 14.9 Å². The minimum atomic E-state index is -0.911. The van der Waals surface area contributed by atoms with E-state index in [9.17, 15) is 14.4 Å². The van der Waals surface area contributed by atoms with E-state index >= 15 is 0 Å². The molecule has 3 heterocycles. The highest BCUT2D eigenvalue weighted by Gasteiger charge is 2.14. The zero-order chi connectivity index (χ0) is 16.4. The van der Waals surface area contributed by atoms with Gasteiger partial charge < -0.3 is 10.7 Å². The quantitative estimate of drug-likeness (QED) is 0.482. The lowest BCUT2D eigenvalue weighted by Crippen LogP contribution is -2.36. The third-order valence-electron chi connectivity index (χ3n) is 2.81. The molecule has 0 aliphatic carbocycles. The van der Waals surface area contributed by atoms with Crippen molar-refractivity contribution in [2.24, 2.45) is 5.73 Å². The molecule has 3 rings (SSSR count). The summed E-state index contributed by atoms with van der Waals surface area (Å²) >= 11 is 3.95. The van der Waals surface area contributed by atoms with Gasteiger partial charge in [-0.25, -0.2) is 9.78 Å². The first-order chi connectivity index (χ1) is 11.0. The van der Waals surface area contributed by atoms with Crippen LogP contribution in [0, 0.1) is 0 Å². The number of imide groups is 1. The van der Waals surface area contributed by atoms with Gasteiger partial charge in [-0.15, -0.1) is 22.7 Å². The second-order valence-electron chi connectivity index (χ2n) is 4.38. The SMILES string of the molecule is NC(=O)NC(=O)CSc1nc2scc(-c3cccs3)c2c(=O)[nH]1. The summed E-state index contributed by atoms with van der Waals surface area (Å²) in [6, 6.07) is 2.96. The first-order valence-corrected chi connectivity index (χ1v) is 9.06. The maximum atomic E-state index is 12.3. The predicted molar refractivity (Wildman–Crippen MR) is 92.0 cm³/mol. The number of hydrogen-bond donors (Lipinski definition) is 3. The second-order valence-corrected chi connectivity index (χ2v) is 7.15. The number of aromatic amines is 1. The van der Waals surface area contributed by atoms with Gasteiger partial charge in [0, 0.05) is 15.8 Å². The predicted octanol–water partition coefficient (Wildman–Crippen LogP) is 2.00. The summed E-state index contributed by atoms with van der Waals surface area (Å²) in [6.45, 7) is 0. The van der Waals surface area contributed by atoms with Gasteiger partial charge in [0.15, 0.2) is 5.16 Å². The van der Waals surface area contributed by atoms with Crippen molar-refractivity contribution in [1.29, 1.82) is 0 Å². The first-order valence-electron chi connectivity index (χ1n) is 6.32. The van der Waals surface area contributed by atoms with Crippen LogP contribution >= 0.6 is 34.4 Å². The van der Waals surface area contributed by atoms with Crippen LogP contribution in [0.5, 0.6) is 0 Å². The number of aromatic nitrogens is 2. The molecule has 118 valence electrons. The number of H-pyrrole nitrogens is 1. The van der Waals surface area contributed by atoms with Crippen molar-refractivity contribution < 1.29 is 9.59 Å². The lowest BCUT2D eigenvalue weighted by Gasteiger charge is -2.01. The zero-order valence-electron chi connectivity index (χ0n) is 11.5. The van der Waals surface area contributed by atoms with Crippen LogP contribution in [-0.2, 0) is 4.79 Å². The average Bonchev–Trinajstić information content (AvgIpc) is 3.13. The number of fused-ring (bicyclic) bond motifs is 1. The maximum absolute atomic E-state index is 12.3. The molecule has 0 saturated carbocycles. The summed E-state index contributed by atoms with van der Waals surface area (Å²) in [4.78, 5) is 42.9. The van der Waals surface area contributed by atoms with E-state index in [1.807, 2.05) is 28.2 Å². The summed E-state index contributed by atoms with van der Waals surface area (Å²) in [5.41, 5.74) is 5.46. The number of primary amides is 1. The number of nitrogens with zero attached hydrogens (tertiary/aromatic N) is 1. The van der Waals surface area contributed by atoms with Gasteiger partial charge in [-0.1, -0.05) is 17.8 Å². The molecule has 0 spiro atoms. The van der Waals surface area contributed by atoms with Crippen molar-refractivity contribution in [2.45, 2.75) is 5.16 Å². The summed E-state index contributed by atoms with van der Waals surface area (Å²) in [5, 5.41) is 6.66. The number of nitrogens with one attached hydrogen (secondary N) is 2. The van der Waals surface area contributed by atoms with Crippen LogP contribution in [0.15, 0.2) is 32.8 Å². The van der Waals surface area contributed by atoms with E-state index < -0.39 is 11.9 Å². The molecule has 0 unspecified atom stereocenters. The molecule has 0 radical (unpaired) electrons. The monoisotopic (exact) mass is 366 g/mol. The van der Waals surface area contributed by atoms with Gasteiger partial charge in [0.05, 0.1) is 11.1 Å². The van der Waals surface area contributed by atoms with Crippen LogP contribution in [0.25, 0.3) is 20.7 Å². The molecule has 0 aliphatic heterocycles.